The second kappa shape index (κ2) is 11.2. The molecule has 1 N–H and O–H groups in total. The Morgan fingerprint density at radius 1 is 1.16 bits per heavy atom. The molecule has 0 spiro atoms. The van der Waals surface area contributed by atoms with E-state index < -0.39 is 0 Å². The topological polar surface area (TPSA) is 27.7 Å². The normalized spacial score (nSPS) is 16.9. The number of ether oxygens (including phenoxy) is 1. The van der Waals surface area contributed by atoms with Crippen LogP contribution in [0.2, 0.25) is 0 Å². The van der Waals surface area contributed by atoms with E-state index in [-0.39, 0.29) is 5.82 Å². The predicted molar refractivity (Wildman–Crippen MR) is 125 cm³/mol. The molecule has 0 bridgehead atoms. The zero-order valence-corrected chi connectivity index (χ0v) is 19.1. The molecule has 1 atom stereocenters. The van der Waals surface area contributed by atoms with Gasteiger partial charge in [0.1, 0.15) is 11.6 Å². The van der Waals surface area contributed by atoms with E-state index in [2.05, 4.69) is 54.7 Å². The van der Waals surface area contributed by atoms with E-state index in [9.17, 15) is 4.39 Å². The van der Waals surface area contributed by atoms with Crippen LogP contribution in [0.5, 0.6) is 5.75 Å². The lowest BCUT2D eigenvalue weighted by molar-refractivity contribution is 0.128. The Hall–Kier alpha value is -2.53. The first-order valence-corrected chi connectivity index (χ1v) is 11.2. The third-order valence-electron chi connectivity index (χ3n) is 5.66. The van der Waals surface area contributed by atoms with Gasteiger partial charge in [0.15, 0.2) is 0 Å². The van der Waals surface area contributed by atoms with Crippen LogP contribution < -0.4 is 10.1 Å². The zero-order chi connectivity index (χ0) is 22.2. The third-order valence-corrected chi connectivity index (χ3v) is 5.66. The molecule has 0 aromatic heterocycles. The highest BCUT2D eigenvalue weighted by atomic mass is 19.1. The number of hydrogen-bond acceptors (Lipinski definition) is 4. The molecule has 0 aliphatic carbocycles. The summed E-state index contributed by atoms with van der Waals surface area (Å²) in [5.41, 5.74) is 2.27. The molecule has 0 saturated carbocycles. The van der Waals surface area contributed by atoms with Gasteiger partial charge < -0.3 is 19.9 Å². The number of halogens is 1. The molecule has 31 heavy (non-hydrogen) atoms. The van der Waals surface area contributed by atoms with Gasteiger partial charge in [-0.3, -0.25) is 0 Å². The average molecular weight is 426 g/mol. The molecule has 1 heterocycles. The van der Waals surface area contributed by atoms with Crippen LogP contribution in [-0.2, 0) is 13.1 Å². The number of likely N-dealkylation sites (tertiary alicyclic amines) is 1. The molecule has 2 aromatic rings. The lowest BCUT2D eigenvalue weighted by Crippen LogP contribution is -2.47. The molecular formula is C26H36FN3O. The fourth-order valence-corrected chi connectivity index (χ4v) is 3.90. The van der Waals surface area contributed by atoms with Crippen LogP contribution in [0, 0.1) is 11.7 Å². The van der Waals surface area contributed by atoms with Crippen molar-refractivity contribution in [2.24, 2.45) is 5.92 Å². The number of piperidine rings is 1. The van der Waals surface area contributed by atoms with Gasteiger partial charge in [0, 0.05) is 25.7 Å². The molecule has 5 heteroatoms. The third kappa shape index (κ3) is 7.28. The fraction of sp³-hybridized carbons (Fsp3) is 0.462. The summed E-state index contributed by atoms with van der Waals surface area (Å²) in [6.45, 7) is 12.9. The molecule has 1 aliphatic heterocycles. The van der Waals surface area contributed by atoms with Gasteiger partial charge in [0.2, 0.25) is 0 Å². The lowest BCUT2D eigenvalue weighted by atomic mass is 10.0. The fourth-order valence-electron chi connectivity index (χ4n) is 3.90. The maximum Gasteiger partial charge on any atom is 0.123 e. The summed E-state index contributed by atoms with van der Waals surface area (Å²) >= 11 is 0. The van der Waals surface area contributed by atoms with Crippen LogP contribution in [0.15, 0.2) is 60.9 Å². The van der Waals surface area contributed by atoms with Gasteiger partial charge in [-0.1, -0.05) is 44.7 Å². The molecule has 0 radical (unpaired) electrons. The van der Waals surface area contributed by atoms with E-state index >= 15 is 0 Å². The maximum absolute atomic E-state index is 13.4. The van der Waals surface area contributed by atoms with Crippen molar-refractivity contribution in [3.05, 3.63) is 77.9 Å². The highest BCUT2D eigenvalue weighted by molar-refractivity contribution is 5.27. The van der Waals surface area contributed by atoms with Gasteiger partial charge in [0.05, 0.1) is 12.4 Å². The first-order chi connectivity index (χ1) is 14.9. The second-order valence-corrected chi connectivity index (χ2v) is 8.96. The molecule has 2 aromatic carbocycles. The molecule has 0 unspecified atom stereocenters. The maximum atomic E-state index is 13.4. The molecule has 1 aliphatic rings. The van der Waals surface area contributed by atoms with Crippen molar-refractivity contribution in [2.75, 3.05) is 26.7 Å². The Morgan fingerprint density at radius 2 is 1.84 bits per heavy atom. The lowest BCUT2D eigenvalue weighted by Gasteiger charge is -2.40. The van der Waals surface area contributed by atoms with Crippen molar-refractivity contribution >= 4 is 0 Å². The largest absolute Gasteiger partial charge is 0.493 e. The van der Waals surface area contributed by atoms with Gasteiger partial charge >= 0.3 is 0 Å². The van der Waals surface area contributed by atoms with Gasteiger partial charge in [-0.05, 0) is 67.7 Å². The molecule has 0 amide bonds. The second-order valence-electron chi connectivity index (χ2n) is 8.96. The Labute approximate surface area is 186 Å². The van der Waals surface area contributed by atoms with E-state index in [4.69, 9.17) is 4.74 Å². The molecular weight excluding hydrogens is 389 g/mol. The minimum absolute atomic E-state index is 0.203. The van der Waals surface area contributed by atoms with Gasteiger partial charge in [0.25, 0.3) is 0 Å². The minimum atomic E-state index is -0.203. The SMILES string of the molecule is C=C(NCc1ccc(OCC(C)C)cc1)N(Cc1ccc(F)cc1)[C@@H]1CCCN(C)C1. The number of rotatable bonds is 10. The summed E-state index contributed by atoms with van der Waals surface area (Å²) in [5.74, 6) is 2.12. The molecule has 3 rings (SSSR count). The Morgan fingerprint density at radius 3 is 2.48 bits per heavy atom. The summed E-state index contributed by atoms with van der Waals surface area (Å²) < 4.78 is 19.1. The first kappa shape index (κ1) is 23.1. The number of benzene rings is 2. The van der Waals surface area contributed by atoms with Crippen molar-refractivity contribution in [1.29, 1.82) is 0 Å². The van der Waals surface area contributed by atoms with Crippen LogP contribution in [0.4, 0.5) is 4.39 Å². The summed E-state index contributed by atoms with van der Waals surface area (Å²) in [5, 5.41) is 3.51. The van der Waals surface area contributed by atoms with Crippen LogP contribution in [0.25, 0.3) is 0 Å². The zero-order valence-electron chi connectivity index (χ0n) is 19.1. The van der Waals surface area contributed by atoms with Crippen molar-refractivity contribution in [3.8, 4) is 5.75 Å². The monoisotopic (exact) mass is 425 g/mol. The van der Waals surface area contributed by atoms with E-state index in [0.29, 0.717) is 25.0 Å². The Bertz CT molecular complexity index is 820. The minimum Gasteiger partial charge on any atom is -0.493 e. The Balaban J connectivity index is 1.62. The Kier molecular flexibility index (Phi) is 8.35. The number of hydrogen-bond donors (Lipinski definition) is 1. The number of nitrogens with one attached hydrogen (secondary N) is 1. The average Bonchev–Trinajstić information content (AvgIpc) is 2.76. The van der Waals surface area contributed by atoms with Crippen LogP contribution >= 0.6 is 0 Å². The molecule has 1 saturated heterocycles. The van der Waals surface area contributed by atoms with Crippen LogP contribution in [0.3, 0.4) is 0 Å². The van der Waals surface area contributed by atoms with Crippen LogP contribution in [0.1, 0.15) is 37.8 Å². The van der Waals surface area contributed by atoms with Gasteiger partial charge in [-0.15, -0.1) is 0 Å². The smallest absolute Gasteiger partial charge is 0.123 e. The quantitative estimate of drug-likeness (QED) is 0.579. The highest BCUT2D eigenvalue weighted by Crippen LogP contribution is 2.21. The summed E-state index contributed by atoms with van der Waals surface area (Å²) in [6.07, 6.45) is 2.31. The molecule has 1 fully saturated rings. The highest BCUT2D eigenvalue weighted by Gasteiger charge is 2.25. The van der Waals surface area contributed by atoms with E-state index in [1.54, 1.807) is 0 Å². The van der Waals surface area contributed by atoms with Crippen molar-refractivity contribution in [1.82, 2.24) is 15.1 Å². The number of likely N-dealkylation sites (N-methyl/N-ethyl adjacent to an activating group) is 1. The molecule has 168 valence electrons. The van der Waals surface area contributed by atoms with E-state index in [1.165, 1.54) is 24.1 Å². The van der Waals surface area contributed by atoms with E-state index in [1.807, 2.05) is 24.3 Å². The summed E-state index contributed by atoms with van der Waals surface area (Å²) in [4.78, 5) is 4.71. The van der Waals surface area contributed by atoms with E-state index in [0.717, 1.165) is 43.3 Å². The van der Waals surface area contributed by atoms with Crippen molar-refractivity contribution in [3.63, 3.8) is 0 Å². The summed E-state index contributed by atoms with van der Waals surface area (Å²) in [6, 6.07) is 15.4. The number of nitrogens with zero attached hydrogens (tertiary/aromatic N) is 2. The van der Waals surface area contributed by atoms with Gasteiger partial charge in [-0.2, -0.15) is 0 Å². The van der Waals surface area contributed by atoms with Gasteiger partial charge in [-0.25, -0.2) is 4.39 Å². The standard InChI is InChI=1S/C26H36FN3O/c1-20(2)19-31-26-13-9-22(10-14-26)16-28-21(3)30(25-6-5-15-29(4)18-25)17-23-7-11-24(27)12-8-23/h7-14,20,25,28H,3,5-6,15-19H2,1-2,4H3/t25-/m1/s1. The van der Waals surface area contributed by atoms with Crippen molar-refractivity contribution in [2.45, 2.75) is 45.8 Å². The predicted octanol–water partition coefficient (Wildman–Crippen LogP) is 5.02. The summed E-state index contributed by atoms with van der Waals surface area (Å²) in [7, 11) is 2.17. The van der Waals surface area contributed by atoms with Crippen LogP contribution in [-0.4, -0.2) is 42.6 Å². The first-order valence-electron chi connectivity index (χ1n) is 11.2. The van der Waals surface area contributed by atoms with Crippen molar-refractivity contribution < 1.29 is 9.13 Å². The molecule has 4 nitrogen and oxygen atoms in total.